The van der Waals surface area contributed by atoms with Crippen molar-refractivity contribution in [1.29, 1.82) is 0 Å². The Morgan fingerprint density at radius 1 is 1.57 bits per heavy atom. The molecule has 0 aliphatic carbocycles. The van der Waals surface area contributed by atoms with Gasteiger partial charge in [-0.25, -0.2) is 0 Å². The molecule has 0 radical (unpaired) electrons. The standard InChI is InChI=1S/C10H20N2O2/c1-8(2)4-12(10(14)7-13)9-5-11(3)6-9/h8-9,13H,4-7H2,1-3H3. The van der Waals surface area contributed by atoms with Crippen molar-refractivity contribution in [2.45, 2.75) is 19.9 Å². The zero-order chi connectivity index (χ0) is 10.7. The molecule has 0 saturated carbocycles. The molecule has 0 atom stereocenters. The Hall–Kier alpha value is -0.610. The number of likely N-dealkylation sites (tertiary alicyclic amines) is 1. The molecule has 1 aliphatic rings. The molecule has 1 saturated heterocycles. The lowest BCUT2D eigenvalue weighted by atomic mass is 10.1. The summed E-state index contributed by atoms with van der Waals surface area (Å²) in [6, 6.07) is 0.307. The Labute approximate surface area is 85.5 Å². The minimum atomic E-state index is -0.368. The highest BCUT2D eigenvalue weighted by Crippen LogP contribution is 2.14. The summed E-state index contributed by atoms with van der Waals surface area (Å²) in [6.07, 6.45) is 0. The molecule has 0 unspecified atom stereocenters. The lowest BCUT2D eigenvalue weighted by Gasteiger charge is -2.44. The molecular formula is C10H20N2O2. The maximum Gasteiger partial charge on any atom is 0.248 e. The van der Waals surface area contributed by atoms with Crippen molar-refractivity contribution in [3.63, 3.8) is 0 Å². The van der Waals surface area contributed by atoms with E-state index in [9.17, 15) is 4.79 Å². The molecule has 0 aromatic carbocycles. The first-order chi connectivity index (χ1) is 6.54. The number of hydrogen-bond acceptors (Lipinski definition) is 3. The summed E-state index contributed by atoms with van der Waals surface area (Å²) in [5, 5.41) is 8.85. The number of carbonyl (C=O) groups is 1. The molecule has 1 N–H and O–H groups in total. The fourth-order valence-corrected chi connectivity index (χ4v) is 1.80. The van der Waals surface area contributed by atoms with E-state index < -0.39 is 0 Å². The molecular weight excluding hydrogens is 180 g/mol. The first kappa shape index (κ1) is 11.5. The van der Waals surface area contributed by atoms with Crippen molar-refractivity contribution in [2.24, 2.45) is 5.92 Å². The van der Waals surface area contributed by atoms with Crippen LogP contribution < -0.4 is 0 Å². The smallest absolute Gasteiger partial charge is 0.248 e. The second-order valence-electron chi connectivity index (χ2n) is 4.47. The maximum atomic E-state index is 11.4. The van der Waals surface area contributed by atoms with Gasteiger partial charge in [-0.3, -0.25) is 4.79 Å². The summed E-state index contributed by atoms with van der Waals surface area (Å²) in [5.41, 5.74) is 0. The Kier molecular flexibility index (Phi) is 3.89. The third-order valence-corrected chi connectivity index (χ3v) is 2.50. The van der Waals surface area contributed by atoms with Crippen LogP contribution >= 0.6 is 0 Å². The molecule has 1 aliphatic heterocycles. The van der Waals surface area contributed by atoms with Crippen molar-refractivity contribution in [2.75, 3.05) is 33.3 Å². The van der Waals surface area contributed by atoms with Crippen molar-refractivity contribution >= 4 is 5.91 Å². The molecule has 0 spiro atoms. The molecule has 1 rings (SSSR count). The third kappa shape index (κ3) is 2.69. The molecule has 0 bridgehead atoms. The highest BCUT2D eigenvalue weighted by atomic mass is 16.3. The Balaban J connectivity index is 2.49. The molecule has 4 nitrogen and oxygen atoms in total. The van der Waals surface area contributed by atoms with E-state index in [0.717, 1.165) is 19.6 Å². The number of aliphatic hydroxyl groups is 1. The van der Waals surface area contributed by atoms with Gasteiger partial charge in [-0.1, -0.05) is 13.8 Å². The van der Waals surface area contributed by atoms with Gasteiger partial charge in [0.1, 0.15) is 6.61 Å². The molecule has 1 fully saturated rings. The molecule has 1 heterocycles. The molecule has 82 valence electrons. The number of aliphatic hydroxyl groups excluding tert-OH is 1. The van der Waals surface area contributed by atoms with Gasteiger partial charge < -0.3 is 14.9 Å². The van der Waals surface area contributed by atoms with E-state index in [2.05, 4.69) is 18.7 Å². The van der Waals surface area contributed by atoms with E-state index >= 15 is 0 Å². The average Bonchev–Trinajstić information content (AvgIpc) is 2.08. The summed E-state index contributed by atoms with van der Waals surface area (Å²) in [5.74, 6) is 0.313. The van der Waals surface area contributed by atoms with Crippen LogP contribution in [0.2, 0.25) is 0 Å². The summed E-state index contributed by atoms with van der Waals surface area (Å²) < 4.78 is 0. The van der Waals surface area contributed by atoms with E-state index in [1.165, 1.54) is 0 Å². The number of nitrogens with zero attached hydrogens (tertiary/aromatic N) is 2. The Morgan fingerprint density at radius 3 is 2.50 bits per heavy atom. The van der Waals surface area contributed by atoms with Crippen LogP contribution in [0.15, 0.2) is 0 Å². The number of carbonyl (C=O) groups excluding carboxylic acids is 1. The SMILES string of the molecule is CC(C)CN(C(=O)CO)C1CN(C)C1. The van der Waals surface area contributed by atoms with Crippen LogP contribution in [0, 0.1) is 5.92 Å². The highest BCUT2D eigenvalue weighted by molar-refractivity contribution is 5.77. The Morgan fingerprint density at radius 2 is 2.14 bits per heavy atom. The number of hydrogen-bond donors (Lipinski definition) is 1. The molecule has 0 aromatic heterocycles. The topological polar surface area (TPSA) is 43.8 Å². The third-order valence-electron chi connectivity index (χ3n) is 2.50. The van der Waals surface area contributed by atoms with Gasteiger partial charge in [0.15, 0.2) is 0 Å². The van der Waals surface area contributed by atoms with Gasteiger partial charge in [0, 0.05) is 19.6 Å². The first-order valence-corrected chi connectivity index (χ1v) is 5.13. The Bertz CT molecular complexity index is 200. The normalized spacial score (nSPS) is 18.4. The lowest BCUT2D eigenvalue weighted by molar-refractivity contribution is -0.140. The number of likely N-dealkylation sites (N-methyl/N-ethyl adjacent to an activating group) is 1. The largest absolute Gasteiger partial charge is 0.387 e. The second-order valence-corrected chi connectivity index (χ2v) is 4.47. The second kappa shape index (κ2) is 4.75. The van der Waals surface area contributed by atoms with Crippen LogP contribution in [-0.4, -0.2) is 60.1 Å². The van der Waals surface area contributed by atoms with Crippen molar-refractivity contribution in [3.05, 3.63) is 0 Å². The predicted octanol–water partition coefficient (Wildman–Crippen LogP) is -0.223. The molecule has 14 heavy (non-hydrogen) atoms. The summed E-state index contributed by atoms with van der Waals surface area (Å²) in [4.78, 5) is 15.4. The zero-order valence-corrected chi connectivity index (χ0v) is 9.23. The van der Waals surface area contributed by atoms with Gasteiger partial charge >= 0.3 is 0 Å². The van der Waals surface area contributed by atoms with Gasteiger partial charge in [-0.15, -0.1) is 0 Å². The molecule has 1 amide bonds. The fraction of sp³-hybridized carbons (Fsp3) is 0.900. The highest BCUT2D eigenvalue weighted by Gasteiger charge is 2.32. The predicted molar refractivity (Wildman–Crippen MR) is 54.9 cm³/mol. The van der Waals surface area contributed by atoms with E-state index in [4.69, 9.17) is 5.11 Å². The van der Waals surface area contributed by atoms with Crippen LogP contribution in [0.5, 0.6) is 0 Å². The lowest BCUT2D eigenvalue weighted by Crippen LogP contribution is -2.60. The summed E-state index contributed by atoms with van der Waals surface area (Å²) in [7, 11) is 2.04. The first-order valence-electron chi connectivity index (χ1n) is 5.13. The van der Waals surface area contributed by atoms with Crippen LogP contribution in [0.3, 0.4) is 0 Å². The van der Waals surface area contributed by atoms with Crippen molar-refractivity contribution in [3.8, 4) is 0 Å². The van der Waals surface area contributed by atoms with Gasteiger partial charge in [-0.2, -0.15) is 0 Å². The maximum absolute atomic E-state index is 11.4. The summed E-state index contributed by atoms with van der Waals surface area (Å²) in [6.45, 7) is 6.40. The van der Waals surface area contributed by atoms with Crippen LogP contribution in [0.1, 0.15) is 13.8 Å². The van der Waals surface area contributed by atoms with Crippen LogP contribution in [-0.2, 0) is 4.79 Å². The number of amides is 1. The minimum absolute atomic E-state index is 0.142. The fourth-order valence-electron chi connectivity index (χ4n) is 1.80. The van der Waals surface area contributed by atoms with Gasteiger partial charge in [-0.05, 0) is 13.0 Å². The molecule has 4 heteroatoms. The van der Waals surface area contributed by atoms with Gasteiger partial charge in [0.25, 0.3) is 0 Å². The monoisotopic (exact) mass is 200 g/mol. The van der Waals surface area contributed by atoms with E-state index in [1.54, 1.807) is 0 Å². The summed E-state index contributed by atoms with van der Waals surface area (Å²) >= 11 is 0. The van der Waals surface area contributed by atoms with Crippen LogP contribution in [0.4, 0.5) is 0 Å². The van der Waals surface area contributed by atoms with Crippen molar-refractivity contribution in [1.82, 2.24) is 9.80 Å². The molecule has 0 aromatic rings. The van der Waals surface area contributed by atoms with Crippen LogP contribution in [0.25, 0.3) is 0 Å². The van der Waals surface area contributed by atoms with Gasteiger partial charge in [0.2, 0.25) is 5.91 Å². The average molecular weight is 200 g/mol. The zero-order valence-electron chi connectivity index (χ0n) is 9.23. The number of rotatable bonds is 4. The van der Waals surface area contributed by atoms with Gasteiger partial charge in [0.05, 0.1) is 6.04 Å². The quantitative estimate of drug-likeness (QED) is 0.682. The minimum Gasteiger partial charge on any atom is -0.387 e. The van der Waals surface area contributed by atoms with E-state index in [1.807, 2.05) is 11.9 Å². The van der Waals surface area contributed by atoms with Crippen molar-refractivity contribution < 1.29 is 9.90 Å². The van der Waals surface area contributed by atoms with E-state index in [-0.39, 0.29) is 12.5 Å². The van der Waals surface area contributed by atoms with E-state index in [0.29, 0.717) is 12.0 Å².